The number of allylic oxidation sites excluding steroid dienone is 7. The van der Waals surface area contributed by atoms with Gasteiger partial charge in [-0.25, -0.2) is 4.57 Å². The Labute approximate surface area is 435 Å². The molecule has 3 N–H and O–H groups in total. The van der Waals surface area contributed by atoms with E-state index in [-0.39, 0.29) is 19.1 Å². The number of phosphoric acid groups is 1. The summed E-state index contributed by atoms with van der Waals surface area (Å²) in [5, 5.41) is 13.9. The molecular weight excluding hydrogens is 888 g/mol. The van der Waals surface area contributed by atoms with Crippen molar-refractivity contribution in [2.75, 3.05) is 40.9 Å². The number of carbonyl (C=O) groups excluding carboxylic acids is 1. The smallest absolute Gasteiger partial charge is 0.387 e. The molecule has 9 heteroatoms. The standard InChI is InChI=1S/C61H117N2O6P/c1-6-8-10-12-14-16-18-20-22-24-26-27-28-29-30-31-32-33-34-35-37-38-40-42-44-46-48-50-52-54-60(64)59(58-69-70(66,67)68-57-56-63(3,4)5)62-61(65)55-53-51-49-47-45-43-41-39-36-25-23-21-19-17-15-13-11-9-7-2/h21,23,37-38,44,46,52,54,59-60,64H,6-20,22,24-36,39-43,45,47-51,53,55-58H2,1-5H3,(H-,62,65,66,67)/p+1/b23-21-,38-37+,46-44+,54-52+. The van der Waals surface area contributed by atoms with Crippen molar-refractivity contribution < 1.29 is 32.9 Å². The first-order valence-electron chi connectivity index (χ1n) is 30.0. The van der Waals surface area contributed by atoms with E-state index in [1.165, 1.54) is 218 Å². The zero-order valence-electron chi connectivity index (χ0n) is 47.0. The summed E-state index contributed by atoms with van der Waals surface area (Å²) in [6.07, 6.45) is 69.4. The highest BCUT2D eigenvalue weighted by Gasteiger charge is 2.27. The van der Waals surface area contributed by atoms with Crippen molar-refractivity contribution in [3.8, 4) is 0 Å². The van der Waals surface area contributed by atoms with E-state index >= 15 is 0 Å². The molecule has 1 amide bonds. The van der Waals surface area contributed by atoms with Crippen molar-refractivity contribution in [2.45, 2.75) is 296 Å². The fourth-order valence-electron chi connectivity index (χ4n) is 8.78. The number of carbonyl (C=O) groups is 1. The Hall–Kier alpha value is -1.54. The molecule has 3 atom stereocenters. The molecular formula is C61H118N2O6P+. The van der Waals surface area contributed by atoms with E-state index in [1.807, 2.05) is 27.2 Å². The Balaban J connectivity index is 4.23. The number of aliphatic hydroxyl groups excluding tert-OH is 1. The van der Waals surface area contributed by atoms with E-state index in [0.29, 0.717) is 17.4 Å². The SMILES string of the molecule is CCCCCCCC/C=C\CCCCCCCCCCCC(=O)NC(COP(=O)(O)OCC[N+](C)(C)C)C(O)/C=C/CC/C=C/CC/C=C/CCCCCCCCCCCCCCCCCCCCC. The summed E-state index contributed by atoms with van der Waals surface area (Å²) in [5.74, 6) is -0.191. The van der Waals surface area contributed by atoms with E-state index in [2.05, 4.69) is 55.6 Å². The second-order valence-electron chi connectivity index (χ2n) is 21.7. The van der Waals surface area contributed by atoms with E-state index in [0.717, 1.165) is 44.9 Å². The Morgan fingerprint density at radius 1 is 0.471 bits per heavy atom. The van der Waals surface area contributed by atoms with Gasteiger partial charge in [0, 0.05) is 6.42 Å². The molecule has 0 rings (SSSR count). The van der Waals surface area contributed by atoms with Gasteiger partial charge in [0.1, 0.15) is 13.2 Å². The number of hydrogen-bond acceptors (Lipinski definition) is 5. The van der Waals surface area contributed by atoms with Crippen LogP contribution in [0.2, 0.25) is 0 Å². The van der Waals surface area contributed by atoms with Gasteiger partial charge in [-0.05, 0) is 70.6 Å². The first kappa shape index (κ1) is 68.5. The largest absolute Gasteiger partial charge is 0.472 e. The topological polar surface area (TPSA) is 105 Å². The summed E-state index contributed by atoms with van der Waals surface area (Å²) in [7, 11) is 1.55. The van der Waals surface area contributed by atoms with E-state index in [1.54, 1.807) is 6.08 Å². The van der Waals surface area contributed by atoms with Crippen LogP contribution in [0.1, 0.15) is 284 Å². The summed E-state index contributed by atoms with van der Waals surface area (Å²) in [6.45, 7) is 4.81. The van der Waals surface area contributed by atoms with Crippen LogP contribution in [0.15, 0.2) is 48.6 Å². The maximum absolute atomic E-state index is 13.0. The zero-order valence-corrected chi connectivity index (χ0v) is 47.9. The summed E-state index contributed by atoms with van der Waals surface area (Å²) in [6, 6.07) is -0.872. The van der Waals surface area contributed by atoms with Crippen LogP contribution in [0.25, 0.3) is 0 Å². The number of nitrogens with zero attached hydrogens (tertiary/aromatic N) is 1. The first-order chi connectivity index (χ1) is 34.0. The first-order valence-corrected chi connectivity index (χ1v) is 31.5. The number of nitrogens with one attached hydrogen (secondary N) is 1. The van der Waals surface area contributed by atoms with Gasteiger partial charge in [0.25, 0.3) is 0 Å². The van der Waals surface area contributed by atoms with Gasteiger partial charge in [-0.1, -0.05) is 255 Å². The number of amides is 1. The average molecular weight is 1010 g/mol. The molecule has 0 saturated heterocycles. The van der Waals surface area contributed by atoms with E-state index in [9.17, 15) is 19.4 Å². The number of unbranched alkanes of at least 4 members (excludes halogenated alkanes) is 36. The molecule has 0 aromatic carbocycles. The maximum Gasteiger partial charge on any atom is 0.472 e. The van der Waals surface area contributed by atoms with Crippen molar-refractivity contribution in [1.29, 1.82) is 0 Å². The van der Waals surface area contributed by atoms with Crippen LogP contribution in [0.3, 0.4) is 0 Å². The molecule has 0 radical (unpaired) electrons. The molecule has 0 aliphatic carbocycles. The van der Waals surface area contributed by atoms with Gasteiger partial charge in [0.2, 0.25) is 5.91 Å². The second-order valence-corrected chi connectivity index (χ2v) is 23.2. The predicted molar refractivity (Wildman–Crippen MR) is 304 cm³/mol. The van der Waals surface area contributed by atoms with Crippen molar-refractivity contribution in [3.63, 3.8) is 0 Å². The molecule has 0 saturated carbocycles. The number of quaternary nitrogens is 1. The van der Waals surface area contributed by atoms with Gasteiger partial charge >= 0.3 is 7.82 Å². The summed E-state index contributed by atoms with van der Waals surface area (Å²) in [5.41, 5.74) is 0. The van der Waals surface area contributed by atoms with Gasteiger partial charge in [-0.15, -0.1) is 0 Å². The number of phosphoric ester groups is 1. The Morgan fingerprint density at radius 2 is 0.786 bits per heavy atom. The highest BCUT2D eigenvalue weighted by Crippen LogP contribution is 2.43. The van der Waals surface area contributed by atoms with Gasteiger partial charge in [0.15, 0.2) is 0 Å². The van der Waals surface area contributed by atoms with Crippen LogP contribution in [-0.4, -0.2) is 73.4 Å². The Bertz CT molecular complexity index is 1280. The quantitative estimate of drug-likeness (QED) is 0.0243. The van der Waals surface area contributed by atoms with Crippen LogP contribution in [-0.2, 0) is 18.4 Å². The lowest BCUT2D eigenvalue weighted by molar-refractivity contribution is -0.870. The van der Waals surface area contributed by atoms with Crippen molar-refractivity contribution in [1.82, 2.24) is 5.32 Å². The fourth-order valence-corrected chi connectivity index (χ4v) is 9.51. The molecule has 70 heavy (non-hydrogen) atoms. The van der Waals surface area contributed by atoms with Gasteiger partial charge in [0.05, 0.1) is 39.9 Å². The van der Waals surface area contributed by atoms with Gasteiger partial charge in [-0.2, -0.15) is 0 Å². The third-order valence-corrected chi connectivity index (χ3v) is 14.5. The monoisotopic (exact) mass is 1010 g/mol. The number of aliphatic hydroxyl groups is 1. The molecule has 0 fully saturated rings. The summed E-state index contributed by atoms with van der Waals surface area (Å²) >= 11 is 0. The molecule has 3 unspecified atom stereocenters. The Morgan fingerprint density at radius 3 is 1.14 bits per heavy atom. The summed E-state index contributed by atoms with van der Waals surface area (Å²) in [4.78, 5) is 23.3. The minimum absolute atomic E-state index is 0.0528. The van der Waals surface area contributed by atoms with Gasteiger partial charge < -0.3 is 19.8 Å². The van der Waals surface area contributed by atoms with Crippen molar-refractivity contribution in [2.24, 2.45) is 0 Å². The average Bonchev–Trinajstić information content (AvgIpc) is 3.32. The highest BCUT2D eigenvalue weighted by atomic mass is 31.2. The van der Waals surface area contributed by atoms with Crippen LogP contribution < -0.4 is 5.32 Å². The molecule has 0 bridgehead atoms. The third kappa shape index (κ3) is 54.2. The minimum atomic E-state index is -4.36. The van der Waals surface area contributed by atoms with Gasteiger partial charge in [-0.3, -0.25) is 13.8 Å². The van der Waals surface area contributed by atoms with Crippen LogP contribution in [0.5, 0.6) is 0 Å². The summed E-state index contributed by atoms with van der Waals surface area (Å²) < 4.78 is 23.7. The molecule has 0 spiro atoms. The molecule has 0 heterocycles. The Kier molecular flexibility index (Phi) is 51.2. The van der Waals surface area contributed by atoms with Crippen molar-refractivity contribution in [3.05, 3.63) is 48.6 Å². The molecule has 8 nitrogen and oxygen atoms in total. The number of rotatable bonds is 55. The minimum Gasteiger partial charge on any atom is -0.387 e. The lowest BCUT2D eigenvalue weighted by Gasteiger charge is -2.25. The molecule has 0 aromatic heterocycles. The zero-order chi connectivity index (χ0) is 51.3. The lowest BCUT2D eigenvalue weighted by atomic mass is 10.0. The van der Waals surface area contributed by atoms with Crippen LogP contribution in [0, 0.1) is 0 Å². The predicted octanol–water partition coefficient (Wildman–Crippen LogP) is 18.3. The molecule has 412 valence electrons. The fraction of sp³-hybridized carbons (Fsp3) is 0.852. The van der Waals surface area contributed by atoms with Crippen molar-refractivity contribution >= 4 is 13.7 Å². The van der Waals surface area contributed by atoms with Crippen LogP contribution >= 0.6 is 7.82 Å². The van der Waals surface area contributed by atoms with E-state index in [4.69, 9.17) is 9.05 Å². The highest BCUT2D eigenvalue weighted by molar-refractivity contribution is 7.47. The maximum atomic E-state index is 13.0. The molecule has 0 aliphatic heterocycles. The third-order valence-electron chi connectivity index (χ3n) is 13.5. The van der Waals surface area contributed by atoms with E-state index < -0.39 is 20.0 Å². The molecule has 0 aromatic rings. The molecule has 0 aliphatic rings. The van der Waals surface area contributed by atoms with Crippen LogP contribution in [0.4, 0.5) is 0 Å². The second kappa shape index (κ2) is 52.3. The number of hydrogen-bond donors (Lipinski definition) is 3. The lowest BCUT2D eigenvalue weighted by Crippen LogP contribution is -2.45. The normalized spacial score (nSPS) is 14.2. The number of likely N-dealkylation sites (N-methyl/N-ethyl adjacent to an activating group) is 1.